The van der Waals surface area contributed by atoms with E-state index in [1.165, 1.54) is 0 Å². The van der Waals surface area contributed by atoms with Crippen LogP contribution in [0.3, 0.4) is 0 Å². The summed E-state index contributed by atoms with van der Waals surface area (Å²) in [5.74, 6) is -0.0766. The molecule has 0 saturated heterocycles. The first kappa shape index (κ1) is 34.9. The molecule has 1 aliphatic rings. The highest BCUT2D eigenvalue weighted by Crippen LogP contribution is 2.31. The molecule has 3 unspecified atom stereocenters. The van der Waals surface area contributed by atoms with Gasteiger partial charge in [-0.25, -0.2) is 4.79 Å². The Labute approximate surface area is 263 Å². The second-order valence-corrected chi connectivity index (χ2v) is 13.7. The number of benzene rings is 2. The van der Waals surface area contributed by atoms with Crippen molar-refractivity contribution < 1.29 is 24.2 Å². The summed E-state index contributed by atoms with van der Waals surface area (Å²) in [5.41, 5.74) is 1.36. The fourth-order valence-corrected chi connectivity index (χ4v) is 5.81. The summed E-state index contributed by atoms with van der Waals surface area (Å²) in [4.78, 5) is 43.9. The molecule has 2 aromatic rings. The van der Waals surface area contributed by atoms with Gasteiger partial charge in [-0.1, -0.05) is 69.5 Å². The van der Waals surface area contributed by atoms with Gasteiger partial charge in [0.2, 0.25) is 11.8 Å². The SMILES string of the molecule is Cc1cc(C(C(=O)NC2CCCCC2)N(C(=O)C(Cc2ccccc2)NC(=O)OC(C)(C)C)C(C)CCC(C)C)ccc1O. The lowest BCUT2D eigenvalue weighted by Gasteiger charge is -2.39. The van der Waals surface area contributed by atoms with Crippen LogP contribution in [0.1, 0.15) is 109 Å². The van der Waals surface area contributed by atoms with Crippen LogP contribution in [0, 0.1) is 12.8 Å². The van der Waals surface area contributed by atoms with Crippen molar-refractivity contribution in [3.05, 3.63) is 65.2 Å². The van der Waals surface area contributed by atoms with Crippen molar-refractivity contribution >= 4 is 17.9 Å². The van der Waals surface area contributed by atoms with E-state index in [0.717, 1.165) is 44.1 Å². The average molecular weight is 608 g/mol. The molecule has 242 valence electrons. The first-order valence-corrected chi connectivity index (χ1v) is 16.2. The molecule has 3 amide bonds. The number of amides is 3. The van der Waals surface area contributed by atoms with E-state index in [4.69, 9.17) is 4.74 Å². The molecule has 1 saturated carbocycles. The quantitative estimate of drug-likeness (QED) is 0.241. The zero-order valence-electron chi connectivity index (χ0n) is 27.7. The predicted octanol–water partition coefficient (Wildman–Crippen LogP) is 6.98. The number of hydrogen-bond acceptors (Lipinski definition) is 5. The summed E-state index contributed by atoms with van der Waals surface area (Å²) in [6, 6.07) is 12.4. The van der Waals surface area contributed by atoms with Gasteiger partial charge in [0.1, 0.15) is 23.4 Å². The van der Waals surface area contributed by atoms with Crippen molar-refractivity contribution in [3.63, 3.8) is 0 Å². The second-order valence-electron chi connectivity index (χ2n) is 13.7. The molecule has 0 radical (unpaired) electrons. The van der Waals surface area contributed by atoms with E-state index in [1.54, 1.807) is 50.8 Å². The van der Waals surface area contributed by atoms with Gasteiger partial charge in [0.25, 0.3) is 0 Å². The van der Waals surface area contributed by atoms with Crippen LogP contribution in [0.4, 0.5) is 4.79 Å². The lowest BCUT2D eigenvalue weighted by molar-refractivity contribution is -0.145. The normalized spacial score (nSPS) is 16.1. The molecular formula is C36H53N3O5. The summed E-state index contributed by atoms with van der Waals surface area (Å²) in [6.07, 6.45) is 6.16. The van der Waals surface area contributed by atoms with Crippen molar-refractivity contribution in [1.29, 1.82) is 0 Å². The maximum atomic E-state index is 14.8. The van der Waals surface area contributed by atoms with E-state index >= 15 is 0 Å². The van der Waals surface area contributed by atoms with Crippen LogP contribution >= 0.6 is 0 Å². The molecule has 0 aliphatic heterocycles. The molecule has 1 fully saturated rings. The third-order valence-corrected chi connectivity index (χ3v) is 8.18. The lowest BCUT2D eigenvalue weighted by Crippen LogP contribution is -2.57. The molecule has 0 heterocycles. The van der Waals surface area contributed by atoms with Crippen LogP contribution in [-0.2, 0) is 20.7 Å². The van der Waals surface area contributed by atoms with Gasteiger partial charge in [-0.3, -0.25) is 9.59 Å². The fraction of sp³-hybridized carbons (Fsp3) is 0.583. The van der Waals surface area contributed by atoms with Gasteiger partial charge in [-0.2, -0.15) is 0 Å². The first-order chi connectivity index (χ1) is 20.7. The molecule has 8 nitrogen and oxygen atoms in total. The highest BCUT2D eigenvalue weighted by atomic mass is 16.6. The standard InChI is InChI=1S/C36H53N3O5/c1-24(2)18-19-26(4)39(34(42)30(23-27-14-10-8-11-15-27)38-35(43)44-36(5,6)7)32(28-20-21-31(40)25(3)22-28)33(41)37-29-16-12-9-13-17-29/h8,10-11,14-15,20-22,24,26,29-30,32,40H,9,12-13,16-19,23H2,1-7H3,(H,37,41)(H,38,43). The van der Waals surface area contributed by atoms with Crippen molar-refractivity contribution in [3.8, 4) is 5.75 Å². The Morgan fingerprint density at radius 3 is 2.23 bits per heavy atom. The molecule has 3 rings (SSSR count). The first-order valence-electron chi connectivity index (χ1n) is 16.2. The van der Waals surface area contributed by atoms with Gasteiger partial charge in [0, 0.05) is 18.5 Å². The van der Waals surface area contributed by atoms with E-state index in [9.17, 15) is 19.5 Å². The van der Waals surface area contributed by atoms with E-state index in [2.05, 4.69) is 24.5 Å². The molecule has 3 N–H and O–H groups in total. The Hall–Kier alpha value is -3.55. The Morgan fingerprint density at radius 1 is 0.977 bits per heavy atom. The Morgan fingerprint density at radius 2 is 1.64 bits per heavy atom. The largest absolute Gasteiger partial charge is 0.508 e. The third-order valence-electron chi connectivity index (χ3n) is 8.18. The summed E-state index contributed by atoms with van der Waals surface area (Å²) < 4.78 is 5.57. The molecule has 0 aromatic heterocycles. The number of nitrogens with one attached hydrogen (secondary N) is 2. The monoisotopic (exact) mass is 607 g/mol. The van der Waals surface area contributed by atoms with Gasteiger partial charge in [-0.05, 0) is 95.0 Å². The molecule has 2 aromatic carbocycles. The molecule has 44 heavy (non-hydrogen) atoms. The van der Waals surface area contributed by atoms with Crippen LogP contribution in [0.2, 0.25) is 0 Å². The van der Waals surface area contributed by atoms with Gasteiger partial charge in [0.15, 0.2) is 0 Å². The van der Waals surface area contributed by atoms with Crippen LogP contribution < -0.4 is 10.6 Å². The number of phenolic OH excluding ortho intramolecular Hbond substituents is 1. The third kappa shape index (κ3) is 10.6. The van der Waals surface area contributed by atoms with E-state index in [1.807, 2.05) is 37.3 Å². The minimum Gasteiger partial charge on any atom is -0.508 e. The smallest absolute Gasteiger partial charge is 0.408 e. The summed E-state index contributed by atoms with van der Waals surface area (Å²) in [5, 5.41) is 16.4. The molecule has 8 heteroatoms. The molecular weight excluding hydrogens is 554 g/mol. The topological polar surface area (TPSA) is 108 Å². The number of carbonyl (C=O) groups is 3. The maximum absolute atomic E-state index is 14.8. The molecule has 0 spiro atoms. The molecule has 0 bridgehead atoms. The minimum atomic E-state index is -0.975. The number of ether oxygens (including phenoxy) is 1. The number of hydrogen-bond donors (Lipinski definition) is 3. The van der Waals surface area contributed by atoms with Crippen LogP contribution in [-0.4, -0.2) is 51.6 Å². The zero-order valence-corrected chi connectivity index (χ0v) is 27.7. The number of aromatic hydroxyl groups is 1. The van der Waals surface area contributed by atoms with Crippen LogP contribution in [0.5, 0.6) is 5.75 Å². The number of nitrogens with zero attached hydrogens (tertiary/aromatic N) is 1. The molecule has 3 atom stereocenters. The number of alkyl carbamates (subject to hydrolysis) is 1. The van der Waals surface area contributed by atoms with Crippen LogP contribution in [0.25, 0.3) is 0 Å². The summed E-state index contributed by atoms with van der Waals surface area (Å²) in [6.45, 7) is 13.4. The van der Waals surface area contributed by atoms with Gasteiger partial charge in [-0.15, -0.1) is 0 Å². The van der Waals surface area contributed by atoms with Gasteiger partial charge in [0.05, 0.1) is 0 Å². The Bertz CT molecular complexity index is 1230. The number of phenols is 1. The van der Waals surface area contributed by atoms with Crippen LogP contribution in [0.15, 0.2) is 48.5 Å². The second kappa shape index (κ2) is 16.0. The zero-order chi connectivity index (χ0) is 32.4. The fourth-order valence-electron chi connectivity index (χ4n) is 5.81. The Balaban J connectivity index is 2.10. The van der Waals surface area contributed by atoms with E-state index in [0.29, 0.717) is 23.5 Å². The highest BCUT2D eigenvalue weighted by Gasteiger charge is 2.39. The predicted molar refractivity (Wildman–Crippen MR) is 174 cm³/mol. The van der Waals surface area contributed by atoms with Gasteiger partial charge >= 0.3 is 6.09 Å². The Kier molecular flexibility index (Phi) is 12.7. The van der Waals surface area contributed by atoms with E-state index in [-0.39, 0.29) is 36.1 Å². The van der Waals surface area contributed by atoms with E-state index < -0.39 is 23.8 Å². The lowest BCUT2D eigenvalue weighted by atomic mass is 9.93. The van der Waals surface area contributed by atoms with Crippen molar-refractivity contribution in [2.24, 2.45) is 5.92 Å². The highest BCUT2D eigenvalue weighted by molar-refractivity contribution is 5.92. The minimum absolute atomic E-state index is 0.0416. The molecule has 1 aliphatic carbocycles. The summed E-state index contributed by atoms with van der Waals surface area (Å²) in [7, 11) is 0. The van der Waals surface area contributed by atoms with Gasteiger partial charge < -0.3 is 25.4 Å². The van der Waals surface area contributed by atoms with Crippen molar-refractivity contribution in [2.45, 2.75) is 130 Å². The average Bonchev–Trinajstić information content (AvgIpc) is 2.95. The van der Waals surface area contributed by atoms with Crippen molar-refractivity contribution in [2.75, 3.05) is 0 Å². The number of aryl methyl sites for hydroxylation is 1. The van der Waals surface area contributed by atoms with Crippen molar-refractivity contribution in [1.82, 2.24) is 15.5 Å². The number of carbonyl (C=O) groups excluding carboxylic acids is 3. The summed E-state index contributed by atoms with van der Waals surface area (Å²) >= 11 is 0. The number of rotatable bonds is 12. The maximum Gasteiger partial charge on any atom is 0.408 e.